The molecule has 1 unspecified atom stereocenters. The Morgan fingerprint density at radius 2 is 1.89 bits per heavy atom. The van der Waals surface area contributed by atoms with Gasteiger partial charge >= 0.3 is 0 Å². The zero-order valence-electron chi connectivity index (χ0n) is 11.6. The predicted molar refractivity (Wildman–Crippen MR) is 74.5 cm³/mol. The molecule has 0 aromatic heterocycles. The predicted octanol–water partition coefficient (Wildman–Crippen LogP) is 0.884. The summed E-state index contributed by atoms with van der Waals surface area (Å²) in [4.78, 5) is 2.51. The van der Waals surface area contributed by atoms with Gasteiger partial charge in [0.15, 0.2) is 9.84 Å². The molecule has 0 aromatic rings. The summed E-state index contributed by atoms with van der Waals surface area (Å²) in [5.41, 5.74) is 0. The third-order valence-corrected chi connectivity index (χ3v) is 6.12. The second-order valence-electron chi connectivity index (χ2n) is 6.08. The Kier molecular flexibility index (Phi) is 4.67. The summed E-state index contributed by atoms with van der Waals surface area (Å²) in [7, 11) is -2.72. The highest BCUT2D eigenvalue weighted by atomic mass is 32.2. The van der Waals surface area contributed by atoms with Gasteiger partial charge in [0.2, 0.25) is 0 Å². The van der Waals surface area contributed by atoms with Gasteiger partial charge in [-0.15, -0.1) is 0 Å². The number of sulfone groups is 1. The van der Waals surface area contributed by atoms with Crippen LogP contribution in [-0.4, -0.2) is 56.5 Å². The van der Waals surface area contributed by atoms with Gasteiger partial charge in [-0.1, -0.05) is 0 Å². The highest BCUT2D eigenvalue weighted by molar-refractivity contribution is 7.91. The third-order valence-electron chi connectivity index (χ3n) is 4.28. The third kappa shape index (κ3) is 3.93. The fourth-order valence-electron chi connectivity index (χ4n) is 2.99. The fourth-order valence-corrected chi connectivity index (χ4v) is 4.85. The van der Waals surface area contributed by atoms with Crippen molar-refractivity contribution in [1.29, 1.82) is 0 Å². The molecule has 1 N–H and O–H groups in total. The first-order chi connectivity index (χ1) is 8.46. The highest BCUT2D eigenvalue weighted by Crippen LogP contribution is 2.19. The van der Waals surface area contributed by atoms with Crippen LogP contribution < -0.4 is 5.32 Å². The molecular weight excluding hydrogens is 248 g/mol. The second kappa shape index (κ2) is 5.88. The lowest BCUT2D eigenvalue weighted by molar-refractivity contribution is 0.160. The zero-order valence-corrected chi connectivity index (χ0v) is 12.4. The fraction of sp³-hybridized carbons (Fsp3) is 1.00. The van der Waals surface area contributed by atoms with Crippen molar-refractivity contribution in [2.24, 2.45) is 5.92 Å². The van der Waals surface area contributed by atoms with E-state index in [1.54, 1.807) is 0 Å². The highest BCUT2D eigenvalue weighted by Gasteiger charge is 2.28. The standard InChI is InChI=1S/C13H26N2O2S/c1-11(2)15-6-3-13(4-7-15)14-9-12-5-8-18(16,17)10-12/h11-14H,3-10H2,1-2H3. The van der Waals surface area contributed by atoms with E-state index in [9.17, 15) is 8.42 Å². The van der Waals surface area contributed by atoms with E-state index in [-0.39, 0.29) is 0 Å². The summed E-state index contributed by atoms with van der Waals surface area (Å²) in [6.07, 6.45) is 3.23. The van der Waals surface area contributed by atoms with Crippen molar-refractivity contribution in [3.8, 4) is 0 Å². The summed E-state index contributed by atoms with van der Waals surface area (Å²) in [6, 6.07) is 1.23. The van der Waals surface area contributed by atoms with Crippen molar-refractivity contribution in [2.75, 3.05) is 31.1 Å². The lowest BCUT2D eigenvalue weighted by Crippen LogP contribution is -2.46. The Morgan fingerprint density at radius 1 is 1.22 bits per heavy atom. The van der Waals surface area contributed by atoms with Crippen molar-refractivity contribution in [3.63, 3.8) is 0 Å². The maximum absolute atomic E-state index is 11.4. The first kappa shape index (κ1) is 14.3. The molecule has 0 saturated carbocycles. The van der Waals surface area contributed by atoms with Crippen LogP contribution in [-0.2, 0) is 9.84 Å². The minimum absolute atomic E-state index is 0.345. The lowest BCUT2D eigenvalue weighted by Gasteiger charge is -2.35. The molecule has 2 aliphatic heterocycles. The molecule has 2 aliphatic rings. The summed E-state index contributed by atoms with van der Waals surface area (Å²) < 4.78 is 22.8. The van der Waals surface area contributed by atoms with Crippen LogP contribution in [0, 0.1) is 5.92 Å². The van der Waals surface area contributed by atoms with E-state index >= 15 is 0 Å². The van der Waals surface area contributed by atoms with Gasteiger partial charge in [-0.05, 0) is 58.7 Å². The van der Waals surface area contributed by atoms with Crippen molar-refractivity contribution < 1.29 is 8.42 Å². The van der Waals surface area contributed by atoms with E-state index in [1.807, 2.05) is 0 Å². The van der Waals surface area contributed by atoms with Gasteiger partial charge in [-0.25, -0.2) is 8.42 Å². The molecule has 4 nitrogen and oxygen atoms in total. The molecule has 106 valence electrons. The molecule has 18 heavy (non-hydrogen) atoms. The summed E-state index contributed by atoms with van der Waals surface area (Å²) in [5, 5.41) is 3.57. The molecule has 2 rings (SSSR count). The van der Waals surface area contributed by atoms with Gasteiger partial charge in [-0.3, -0.25) is 0 Å². The minimum atomic E-state index is -2.72. The van der Waals surface area contributed by atoms with E-state index in [0.717, 1.165) is 26.1 Å². The van der Waals surface area contributed by atoms with Crippen molar-refractivity contribution in [2.45, 2.75) is 45.2 Å². The van der Waals surface area contributed by atoms with Gasteiger partial charge in [0.05, 0.1) is 11.5 Å². The Hall–Kier alpha value is -0.130. The first-order valence-electron chi connectivity index (χ1n) is 7.14. The summed E-state index contributed by atoms with van der Waals surface area (Å²) >= 11 is 0. The zero-order chi connectivity index (χ0) is 13.2. The Labute approximate surface area is 111 Å². The largest absolute Gasteiger partial charge is 0.314 e. The number of nitrogens with zero attached hydrogens (tertiary/aromatic N) is 1. The maximum atomic E-state index is 11.4. The van der Waals surface area contributed by atoms with E-state index in [4.69, 9.17) is 0 Å². The van der Waals surface area contributed by atoms with Crippen LogP contribution in [0.2, 0.25) is 0 Å². The van der Waals surface area contributed by atoms with Gasteiger partial charge in [0.25, 0.3) is 0 Å². The van der Waals surface area contributed by atoms with Crippen molar-refractivity contribution in [1.82, 2.24) is 10.2 Å². The Bertz CT molecular complexity index is 359. The van der Waals surface area contributed by atoms with Crippen LogP contribution >= 0.6 is 0 Å². The van der Waals surface area contributed by atoms with Crippen LogP contribution in [0.3, 0.4) is 0 Å². The average Bonchev–Trinajstić information content (AvgIpc) is 2.67. The number of likely N-dealkylation sites (tertiary alicyclic amines) is 1. The molecule has 5 heteroatoms. The van der Waals surface area contributed by atoms with Crippen LogP contribution in [0.1, 0.15) is 33.1 Å². The summed E-state index contributed by atoms with van der Waals surface area (Å²) in [6.45, 7) is 7.70. The molecule has 0 aliphatic carbocycles. The molecule has 0 aromatic carbocycles. The first-order valence-corrected chi connectivity index (χ1v) is 8.96. The number of hydrogen-bond donors (Lipinski definition) is 1. The van der Waals surface area contributed by atoms with E-state index in [1.165, 1.54) is 12.8 Å². The van der Waals surface area contributed by atoms with Gasteiger partial charge in [-0.2, -0.15) is 0 Å². The summed E-state index contributed by atoms with van der Waals surface area (Å²) in [5.74, 6) is 1.13. The smallest absolute Gasteiger partial charge is 0.150 e. The van der Waals surface area contributed by atoms with Crippen LogP contribution in [0.5, 0.6) is 0 Å². The normalized spacial score (nSPS) is 30.1. The van der Waals surface area contributed by atoms with Crippen LogP contribution in [0.15, 0.2) is 0 Å². The van der Waals surface area contributed by atoms with Gasteiger partial charge in [0, 0.05) is 12.1 Å². The van der Waals surface area contributed by atoms with Gasteiger partial charge < -0.3 is 10.2 Å². The lowest BCUT2D eigenvalue weighted by atomic mass is 10.0. The average molecular weight is 274 g/mol. The molecule has 1 atom stereocenters. The van der Waals surface area contributed by atoms with Gasteiger partial charge in [0.1, 0.15) is 0 Å². The van der Waals surface area contributed by atoms with E-state index < -0.39 is 9.84 Å². The second-order valence-corrected chi connectivity index (χ2v) is 8.31. The molecule has 2 saturated heterocycles. The molecule has 0 amide bonds. The van der Waals surface area contributed by atoms with E-state index in [0.29, 0.717) is 29.5 Å². The quantitative estimate of drug-likeness (QED) is 0.827. The van der Waals surface area contributed by atoms with Crippen molar-refractivity contribution in [3.05, 3.63) is 0 Å². The Morgan fingerprint density at radius 3 is 2.39 bits per heavy atom. The topological polar surface area (TPSA) is 49.4 Å². The molecule has 0 spiro atoms. The molecule has 2 fully saturated rings. The molecular formula is C13H26N2O2S. The Balaban J connectivity index is 1.67. The van der Waals surface area contributed by atoms with Crippen LogP contribution in [0.25, 0.3) is 0 Å². The van der Waals surface area contributed by atoms with Crippen molar-refractivity contribution >= 4 is 9.84 Å². The van der Waals surface area contributed by atoms with Crippen LogP contribution in [0.4, 0.5) is 0 Å². The monoisotopic (exact) mass is 274 g/mol. The number of piperidine rings is 1. The van der Waals surface area contributed by atoms with E-state index in [2.05, 4.69) is 24.1 Å². The molecule has 0 radical (unpaired) electrons. The minimum Gasteiger partial charge on any atom is -0.314 e. The molecule has 0 bridgehead atoms. The molecule has 2 heterocycles. The number of nitrogens with one attached hydrogen (secondary N) is 1. The maximum Gasteiger partial charge on any atom is 0.150 e. The SMILES string of the molecule is CC(C)N1CCC(NCC2CCS(=O)(=O)C2)CC1. The number of rotatable bonds is 4. The number of hydrogen-bond acceptors (Lipinski definition) is 4.